The molecule has 0 aliphatic heterocycles. The summed E-state index contributed by atoms with van der Waals surface area (Å²) in [5.74, 6) is 0.456. The lowest BCUT2D eigenvalue weighted by molar-refractivity contribution is 0.0982. The van der Waals surface area contributed by atoms with E-state index in [-0.39, 0.29) is 5.91 Å². The molecule has 2 heterocycles. The molecule has 6 nitrogen and oxygen atoms in total. The Kier molecular flexibility index (Phi) is 5.31. The molecule has 0 spiro atoms. The summed E-state index contributed by atoms with van der Waals surface area (Å²) < 4.78 is 0. The van der Waals surface area contributed by atoms with Gasteiger partial charge in [0.2, 0.25) is 0 Å². The van der Waals surface area contributed by atoms with E-state index < -0.39 is 0 Å². The van der Waals surface area contributed by atoms with E-state index in [1.807, 2.05) is 49.4 Å². The van der Waals surface area contributed by atoms with E-state index in [1.165, 1.54) is 0 Å². The Morgan fingerprint density at radius 3 is 2.40 bits per heavy atom. The third kappa shape index (κ3) is 4.17. The van der Waals surface area contributed by atoms with Crippen LogP contribution < -0.4 is 10.2 Å². The van der Waals surface area contributed by atoms with Crippen molar-refractivity contribution in [3.8, 4) is 0 Å². The lowest BCUT2D eigenvalue weighted by Gasteiger charge is -2.20. The number of aromatic nitrogens is 3. The minimum absolute atomic E-state index is 0.165. The maximum absolute atomic E-state index is 12.7. The fourth-order valence-electron chi connectivity index (χ4n) is 2.42. The van der Waals surface area contributed by atoms with Crippen LogP contribution in [0.2, 0.25) is 0 Å². The van der Waals surface area contributed by atoms with Crippen LogP contribution in [0.25, 0.3) is 0 Å². The highest BCUT2D eigenvalue weighted by atomic mass is 16.2. The molecule has 0 bridgehead atoms. The number of pyridine rings is 1. The Morgan fingerprint density at radius 2 is 1.76 bits per heavy atom. The summed E-state index contributed by atoms with van der Waals surface area (Å²) in [5, 5.41) is 11.3. The number of nitrogens with zero attached hydrogens (tertiary/aromatic N) is 4. The normalized spacial score (nSPS) is 10.3. The van der Waals surface area contributed by atoms with Gasteiger partial charge in [0.25, 0.3) is 5.91 Å². The zero-order chi connectivity index (χ0) is 17.5. The summed E-state index contributed by atoms with van der Waals surface area (Å²) in [7, 11) is 0. The zero-order valence-corrected chi connectivity index (χ0v) is 14.0. The van der Waals surface area contributed by atoms with Crippen molar-refractivity contribution >= 4 is 17.4 Å². The number of carbonyl (C=O) groups is 1. The zero-order valence-electron chi connectivity index (χ0n) is 14.0. The number of rotatable bonds is 6. The second kappa shape index (κ2) is 8.01. The van der Waals surface area contributed by atoms with Crippen molar-refractivity contribution < 1.29 is 4.79 Å². The fraction of sp³-hybridized carbons (Fsp3) is 0.158. The van der Waals surface area contributed by atoms with Crippen molar-refractivity contribution in [2.45, 2.75) is 13.5 Å². The van der Waals surface area contributed by atoms with Crippen LogP contribution in [-0.4, -0.2) is 27.6 Å². The largest absolute Gasteiger partial charge is 0.365 e. The third-order valence-corrected chi connectivity index (χ3v) is 3.74. The first-order valence-corrected chi connectivity index (χ1v) is 8.11. The molecule has 0 aliphatic rings. The van der Waals surface area contributed by atoms with E-state index in [9.17, 15) is 4.79 Å². The second-order valence-electron chi connectivity index (χ2n) is 5.40. The lowest BCUT2D eigenvalue weighted by atomic mass is 10.2. The van der Waals surface area contributed by atoms with E-state index in [1.54, 1.807) is 29.4 Å². The van der Waals surface area contributed by atoms with Crippen LogP contribution in [-0.2, 0) is 6.54 Å². The minimum atomic E-state index is -0.165. The van der Waals surface area contributed by atoms with Crippen LogP contribution in [0.15, 0.2) is 67.0 Å². The maximum Gasteiger partial charge on any atom is 0.278 e. The number of amides is 1. The first-order chi connectivity index (χ1) is 12.3. The molecule has 1 aromatic carbocycles. The predicted octanol–water partition coefficient (Wildman–Crippen LogP) is 3.15. The van der Waals surface area contributed by atoms with Crippen LogP contribution in [0.3, 0.4) is 0 Å². The SMILES string of the molecule is CCN(C(=O)c1ccc(NCc2ccncc2)nn1)c1ccccc1. The average Bonchev–Trinajstić information content (AvgIpc) is 2.69. The Labute approximate surface area is 146 Å². The van der Waals surface area contributed by atoms with Crippen molar-refractivity contribution in [1.82, 2.24) is 15.2 Å². The monoisotopic (exact) mass is 333 g/mol. The molecule has 1 amide bonds. The van der Waals surface area contributed by atoms with E-state index in [4.69, 9.17) is 0 Å². The van der Waals surface area contributed by atoms with E-state index in [0.29, 0.717) is 24.6 Å². The van der Waals surface area contributed by atoms with Crippen LogP contribution >= 0.6 is 0 Å². The van der Waals surface area contributed by atoms with E-state index in [2.05, 4.69) is 20.5 Å². The van der Waals surface area contributed by atoms with Gasteiger partial charge in [-0.1, -0.05) is 18.2 Å². The first kappa shape index (κ1) is 16.6. The third-order valence-electron chi connectivity index (χ3n) is 3.74. The summed E-state index contributed by atoms with van der Waals surface area (Å²) >= 11 is 0. The molecule has 25 heavy (non-hydrogen) atoms. The van der Waals surface area contributed by atoms with E-state index >= 15 is 0 Å². The number of benzene rings is 1. The molecule has 3 aromatic rings. The molecule has 0 saturated heterocycles. The van der Waals surface area contributed by atoms with Crippen LogP contribution in [0.1, 0.15) is 23.0 Å². The number of anilines is 2. The quantitative estimate of drug-likeness (QED) is 0.750. The highest BCUT2D eigenvalue weighted by Gasteiger charge is 2.17. The van der Waals surface area contributed by atoms with Gasteiger partial charge in [0.1, 0.15) is 5.82 Å². The molecular weight excluding hydrogens is 314 g/mol. The Bertz CT molecular complexity index is 806. The molecule has 6 heteroatoms. The molecule has 0 radical (unpaired) electrons. The molecule has 0 aliphatic carbocycles. The van der Waals surface area contributed by atoms with Gasteiger partial charge < -0.3 is 10.2 Å². The molecule has 0 fully saturated rings. The number of nitrogens with one attached hydrogen (secondary N) is 1. The number of carbonyl (C=O) groups excluding carboxylic acids is 1. The van der Waals surface area contributed by atoms with Crippen molar-refractivity contribution in [2.24, 2.45) is 0 Å². The van der Waals surface area contributed by atoms with Crippen molar-refractivity contribution in [3.05, 3.63) is 78.2 Å². The Morgan fingerprint density at radius 1 is 1.00 bits per heavy atom. The van der Waals surface area contributed by atoms with Gasteiger partial charge in [-0.15, -0.1) is 10.2 Å². The van der Waals surface area contributed by atoms with Gasteiger partial charge in [0.05, 0.1) is 0 Å². The molecule has 2 aromatic heterocycles. The van der Waals surface area contributed by atoms with Crippen molar-refractivity contribution in [3.63, 3.8) is 0 Å². The summed E-state index contributed by atoms with van der Waals surface area (Å²) in [6.07, 6.45) is 3.49. The summed E-state index contributed by atoms with van der Waals surface area (Å²) in [6.45, 7) is 3.12. The van der Waals surface area contributed by atoms with Gasteiger partial charge in [-0.05, 0) is 48.9 Å². The van der Waals surface area contributed by atoms with Gasteiger partial charge in [-0.3, -0.25) is 9.78 Å². The van der Waals surface area contributed by atoms with Crippen molar-refractivity contribution in [2.75, 3.05) is 16.8 Å². The number of hydrogen-bond acceptors (Lipinski definition) is 5. The van der Waals surface area contributed by atoms with Gasteiger partial charge in [0, 0.05) is 31.2 Å². The van der Waals surface area contributed by atoms with Gasteiger partial charge in [-0.25, -0.2) is 0 Å². The molecule has 0 unspecified atom stereocenters. The first-order valence-electron chi connectivity index (χ1n) is 8.11. The molecule has 0 atom stereocenters. The summed E-state index contributed by atoms with van der Waals surface area (Å²) in [6, 6.07) is 16.8. The summed E-state index contributed by atoms with van der Waals surface area (Å²) in [5.41, 5.74) is 2.26. The molecule has 126 valence electrons. The number of hydrogen-bond donors (Lipinski definition) is 1. The molecular formula is C19H19N5O. The molecule has 3 rings (SSSR count). The van der Waals surface area contributed by atoms with Crippen LogP contribution in [0.5, 0.6) is 0 Å². The topological polar surface area (TPSA) is 71.0 Å². The highest BCUT2D eigenvalue weighted by molar-refractivity contribution is 6.04. The van der Waals surface area contributed by atoms with Gasteiger partial charge >= 0.3 is 0 Å². The Hall–Kier alpha value is -3.28. The second-order valence-corrected chi connectivity index (χ2v) is 5.40. The molecule has 0 saturated carbocycles. The Balaban J connectivity index is 1.68. The number of para-hydroxylation sites is 1. The van der Waals surface area contributed by atoms with Crippen LogP contribution in [0.4, 0.5) is 11.5 Å². The lowest BCUT2D eigenvalue weighted by Crippen LogP contribution is -2.31. The smallest absolute Gasteiger partial charge is 0.278 e. The standard InChI is InChI=1S/C19H19N5O/c1-2-24(16-6-4-3-5-7-16)19(25)17-8-9-18(23-22-17)21-14-15-10-12-20-13-11-15/h3-13H,2,14H2,1H3,(H,21,23). The predicted molar refractivity (Wildman–Crippen MR) is 97.4 cm³/mol. The highest BCUT2D eigenvalue weighted by Crippen LogP contribution is 2.16. The van der Waals surface area contributed by atoms with Gasteiger partial charge in [0.15, 0.2) is 5.69 Å². The average molecular weight is 333 g/mol. The van der Waals surface area contributed by atoms with Gasteiger partial charge in [-0.2, -0.15) is 0 Å². The van der Waals surface area contributed by atoms with E-state index in [0.717, 1.165) is 11.3 Å². The summed E-state index contributed by atoms with van der Waals surface area (Å²) in [4.78, 5) is 18.3. The minimum Gasteiger partial charge on any atom is -0.365 e. The molecule has 1 N–H and O–H groups in total. The fourth-order valence-corrected chi connectivity index (χ4v) is 2.42. The van der Waals surface area contributed by atoms with Crippen molar-refractivity contribution in [1.29, 1.82) is 0 Å². The maximum atomic E-state index is 12.7. The van der Waals surface area contributed by atoms with Crippen LogP contribution in [0, 0.1) is 0 Å².